The molecular formula is C13H22N2OS. The number of aliphatic hydroxyl groups is 1. The lowest BCUT2D eigenvalue weighted by Crippen LogP contribution is -2.32. The van der Waals surface area contributed by atoms with Crippen LogP contribution in [0.2, 0.25) is 0 Å². The van der Waals surface area contributed by atoms with Gasteiger partial charge in [0.2, 0.25) is 0 Å². The number of nitrogens with zero attached hydrogens (tertiary/aromatic N) is 1. The Labute approximate surface area is 108 Å². The summed E-state index contributed by atoms with van der Waals surface area (Å²) in [6, 6.07) is 4.40. The van der Waals surface area contributed by atoms with E-state index >= 15 is 0 Å². The summed E-state index contributed by atoms with van der Waals surface area (Å²) < 4.78 is 0. The summed E-state index contributed by atoms with van der Waals surface area (Å²) in [6.07, 6.45) is 0.962. The summed E-state index contributed by atoms with van der Waals surface area (Å²) in [5, 5.41) is 13.5. The molecule has 0 fully saturated rings. The van der Waals surface area contributed by atoms with Gasteiger partial charge in [0.15, 0.2) is 0 Å². The number of pyridine rings is 1. The minimum Gasteiger partial charge on any atom is -0.395 e. The first kappa shape index (κ1) is 14.5. The van der Waals surface area contributed by atoms with Gasteiger partial charge >= 0.3 is 0 Å². The molecule has 0 radical (unpaired) electrons. The number of rotatable bonds is 7. The normalized spacial score (nSPS) is 12.7. The molecule has 0 saturated heterocycles. The molecule has 0 bridgehead atoms. The number of hydrogen-bond acceptors (Lipinski definition) is 4. The maximum atomic E-state index is 9.16. The number of nitrogens with one attached hydrogen (secondary N) is 1. The van der Waals surface area contributed by atoms with Crippen LogP contribution >= 0.6 is 11.8 Å². The summed E-state index contributed by atoms with van der Waals surface area (Å²) in [7, 11) is 0. The van der Waals surface area contributed by atoms with Crippen LogP contribution in [0.5, 0.6) is 0 Å². The Morgan fingerprint density at radius 2 is 2.18 bits per heavy atom. The van der Waals surface area contributed by atoms with Crippen molar-refractivity contribution in [3.05, 3.63) is 23.4 Å². The fourth-order valence-corrected chi connectivity index (χ4v) is 2.82. The van der Waals surface area contributed by atoms with Crippen molar-refractivity contribution in [2.45, 2.75) is 38.3 Å². The second-order valence-corrected chi connectivity index (χ2v) is 5.31. The van der Waals surface area contributed by atoms with Crippen LogP contribution in [0.25, 0.3) is 0 Å². The van der Waals surface area contributed by atoms with Crippen molar-refractivity contribution in [2.75, 3.05) is 18.9 Å². The molecule has 2 N–H and O–H groups in total. The first-order valence-electron chi connectivity index (χ1n) is 6.08. The maximum Gasteiger partial charge on any atom is 0.0965 e. The SMILES string of the molecule is CCNC(CO)CCSc1cc(C)cc(C)n1. The number of aryl methyl sites for hydroxylation is 2. The standard InChI is InChI=1S/C13H22N2OS/c1-4-14-12(9-16)5-6-17-13-8-10(2)7-11(3)15-13/h7-8,12,14,16H,4-6,9H2,1-3H3. The van der Waals surface area contributed by atoms with Crippen molar-refractivity contribution in [1.82, 2.24) is 10.3 Å². The minimum absolute atomic E-state index is 0.203. The smallest absolute Gasteiger partial charge is 0.0965 e. The highest BCUT2D eigenvalue weighted by atomic mass is 32.2. The number of aliphatic hydroxyl groups excluding tert-OH is 1. The van der Waals surface area contributed by atoms with Crippen molar-refractivity contribution in [1.29, 1.82) is 0 Å². The third-order valence-electron chi connectivity index (χ3n) is 2.50. The van der Waals surface area contributed by atoms with Crippen molar-refractivity contribution >= 4 is 11.8 Å². The van der Waals surface area contributed by atoms with Crippen LogP contribution in [-0.2, 0) is 0 Å². The molecular weight excluding hydrogens is 232 g/mol. The van der Waals surface area contributed by atoms with Crippen molar-refractivity contribution < 1.29 is 5.11 Å². The minimum atomic E-state index is 0.203. The predicted octanol–water partition coefficient (Wildman–Crippen LogP) is 2.15. The van der Waals surface area contributed by atoms with Gasteiger partial charge in [-0.05, 0) is 44.5 Å². The maximum absolute atomic E-state index is 9.16. The Morgan fingerprint density at radius 3 is 2.76 bits per heavy atom. The molecule has 17 heavy (non-hydrogen) atoms. The van der Waals surface area contributed by atoms with E-state index in [2.05, 4.69) is 36.3 Å². The predicted molar refractivity (Wildman–Crippen MR) is 73.6 cm³/mol. The second-order valence-electron chi connectivity index (χ2n) is 4.20. The molecule has 0 aliphatic carbocycles. The Bertz CT molecular complexity index is 324. The quantitative estimate of drug-likeness (QED) is 0.732. The van der Waals surface area contributed by atoms with Gasteiger partial charge in [0.25, 0.3) is 0 Å². The summed E-state index contributed by atoms with van der Waals surface area (Å²) in [6.45, 7) is 7.27. The van der Waals surface area contributed by atoms with E-state index in [0.717, 1.165) is 29.4 Å². The van der Waals surface area contributed by atoms with Gasteiger partial charge in [0, 0.05) is 17.5 Å². The molecule has 0 saturated carbocycles. The van der Waals surface area contributed by atoms with Crippen LogP contribution < -0.4 is 5.32 Å². The molecule has 1 aromatic rings. The molecule has 3 nitrogen and oxygen atoms in total. The second kappa shape index (κ2) is 7.69. The summed E-state index contributed by atoms with van der Waals surface area (Å²) in [5.74, 6) is 0.980. The zero-order valence-electron chi connectivity index (χ0n) is 10.9. The number of aromatic nitrogens is 1. The third kappa shape index (κ3) is 5.52. The van der Waals surface area contributed by atoms with Gasteiger partial charge in [0.05, 0.1) is 11.6 Å². The van der Waals surface area contributed by atoms with Gasteiger partial charge in [-0.2, -0.15) is 0 Å². The number of likely N-dealkylation sites (N-methyl/N-ethyl adjacent to an activating group) is 1. The highest BCUT2D eigenvalue weighted by Crippen LogP contribution is 2.18. The Hall–Kier alpha value is -0.580. The highest BCUT2D eigenvalue weighted by Gasteiger charge is 2.06. The Kier molecular flexibility index (Phi) is 6.55. The monoisotopic (exact) mass is 254 g/mol. The molecule has 0 spiro atoms. The van der Waals surface area contributed by atoms with Gasteiger partial charge in [-0.1, -0.05) is 6.92 Å². The van der Waals surface area contributed by atoms with E-state index in [-0.39, 0.29) is 12.6 Å². The van der Waals surface area contributed by atoms with Crippen LogP contribution in [0.15, 0.2) is 17.2 Å². The largest absolute Gasteiger partial charge is 0.395 e. The van der Waals surface area contributed by atoms with E-state index in [9.17, 15) is 0 Å². The molecule has 1 rings (SSSR count). The summed E-state index contributed by atoms with van der Waals surface area (Å²) in [5.41, 5.74) is 2.32. The molecule has 1 atom stereocenters. The molecule has 96 valence electrons. The zero-order chi connectivity index (χ0) is 12.7. The molecule has 1 heterocycles. The Morgan fingerprint density at radius 1 is 1.41 bits per heavy atom. The first-order chi connectivity index (χ1) is 8.15. The molecule has 1 unspecified atom stereocenters. The lowest BCUT2D eigenvalue weighted by molar-refractivity contribution is 0.242. The van der Waals surface area contributed by atoms with Gasteiger partial charge in [0.1, 0.15) is 0 Å². The average molecular weight is 254 g/mol. The Balaban J connectivity index is 2.39. The summed E-state index contributed by atoms with van der Waals surface area (Å²) >= 11 is 1.76. The molecule has 0 amide bonds. The molecule has 1 aromatic heterocycles. The van der Waals surface area contributed by atoms with Crippen LogP contribution in [0.3, 0.4) is 0 Å². The van der Waals surface area contributed by atoms with Gasteiger partial charge < -0.3 is 10.4 Å². The lowest BCUT2D eigenvalue weighted by Gasteiger charge is -2.14. The van der Waals surface area contributed by atoms with Crippen molar-refractivity contribution in [3.63, 3.8) is 0 Å². The van der Waals surface area contributed by atoms with E-state index in [0.29, 0.717) is 0 Å². The molecule has 0 aromatic carbocycles. The summed E-state index contributed by atoms with van der Waals surface area (Å²) in [4.78, 5) is 4.48. The van der Waals surface area contributed by atoms with E-state index in [1.165, 1.54) is 5.56 Å². The topological polar surface area (TPSA) is 45.1 Å². The van der Waals surface area contributed by atoms with Gasteiger partial charge in [-0.3, -0.25) is 0 Å². The molecule has 0 aliphatic rings. The van der Waals surface area contributed by atoms with E-state index in [4.69, 9.17) is 5.11 Å². The third-order valence-corrected chi connectivity index (χ3v) is 3.45. The van der Waals surface area contributed by atoms with Gasteiger partial charge in [-0.25, -0.2) is 4.98 Å². The van der Waals surface area contributed by atoms with E-state index in [1.54, 1.807) is 11.8 Å². The molecule has 4 heteroatoms. The number of hydrogen-bond donors (Lipinski definition) is 2. The van der Waals surface area contributed by atoms with Crippen LogP contribution in [0.1, 0.15) is 24.6 Å². The first-order valence-corrected chi connectivity index (χ1v) is 7.06. The zero-order valence-corrected chi connectivity index (χ0v) is 11.7. The van der Waals surface area contributed by atoms with Crippen LogP contribution in [0, 0.1) is 13.8 Å². The van der Waals surface area contributed by atoms with Crippen LogP contribution in [-0.4, -0.2) is 35.0 Å². The average Bonchev–Trinajstić information content (AvgIpc) is 2.26. The fraction of sp³-hybridized carbons (Fsp3) is 0.615. The van der Waals surface area contributed by atoms with E-state index < -0.39 is 0 Å². The fourth-order valence-electron chi connectivity index (χ4n) is 1.73. The highest BCUT2D eigenvalue weighted by molar-refractivity contribution is 7.99. The number of thioether (sulfide) groups is 1. The van der Waals surface area contributed by atoms with Crippen molar-refractivity contribution in [3.8, 4) is 0 Å². The van der Waals surface area contributed by atoms with Gasteiger partial charge in [-0.15, -0.1) is 11.8 Å². The molecule has 0 aliphatic heterocycles. The van der Waals surface area contributed by atoms with Crippen LogP contribution in [0.4, 0.5) is 0 Å². The van der Waals surface area contributed by atoms with Crippen molar-refractivity contribution in [2.24, 2.45) is 0 Å². The van der Waals surface area contributed by atoms with E-state index in [1.807, 2.05) is 6.92 Å². The lowest BCUT2D eigenvalue weighted by atomic mass is 10.2.